The van der Waals surface area contributed by atoms with Gasteiger partial charge in [0.2, 0.25) is 10.0 Å². The fourth-order valence-electron chi connectivity index (χ4n) is 1.71. The highest BCUT2D eigenvalue weighted by molar-refractivity contribution is 7.99. The van der Waals surface area contributed by atoms with Crippen molar-refractivity contribution < 1.29 is 8.42 Å². The Hall–Kier alpha value is -1.50. The highest BCUT2D eigenvalue weighted by Crippen LogP contribution is 2.34. The molecule has 0 aliphatic rings. The van der Waals surface area contributed by atoms with Crippen LogP contribution < -0.4 is 5.73 Å². The lowest BCUT2D eigenvalue weighted by Gasteiger charge is -2.13. The van der Waals surface area contributed by atoms with E-state index in [0.717, 1.165) is 9.79 Å². The van der Waals surface area contributed by atoms with Gasteiger partial charge in [0, 0.05) is 29.6 Å². The van der Waals surface area contributed by atoms with Gasteiger partial charge in [-0.05, 0) is 37.3 Å². The van der Waals surface area contributed by atoms with Crippen LogP contribution in [0.2, 0.25) is 0 Å². The second-order valence-corrected chi connectivity index (χ2v) is 8.17. The summed E-state index contributed by atoms with van der Waals surface area (Å²) in [5, 5.41) is 0. The third-order valence-electron chi connectivity index (χ3n) is 3.01. The number of hydrogen-bond donors (Lipinski definition) is 1. The molecule has 6 heteroatoms. The van der Waals surface area contributed by atoms with Crippen molar-refractivity contribution in [3.05, 3.63) is 48.0 Å². The Labute approximate surface area is 130 Å². The SMILES string of the molecule is Cc1ccc(Sc2cc(S(=O)(=O)N(C)C)ccc2N)cc1. The van der Waals surface area contributed by atoms with Gasteiger partial charge in [-0.3, -0.25) is 0 Å². The van der Waals surface area contributed by atoms with E-state index in [1.54, 1.807) is 12.1 Å². The zero-order chi connectivity index (χ0) is 15.6. The van der Waals surface area contributed by atoms with Crippen LogP contribution in [0.15, 0.2) is 57.2 Å². The lowest BCUT2D eigenvalue weighted by molar-refractivity contribution is 0.520. The van der Waals surface area contributed by atoms with Crippen LogP contribution in [0.5, 0.6) is 0 Å². The first-order valence-electron chi connectivity index (χ1n) is 6.37. The highest BCUT2D eigenvalue weighted by atomic mass is 32.2. The molecule has 0 bridgehead atoms. The van der Waals surface area contributed by atoms with Gasteiger partial charge in [-0.2, -0.15) is 0 Å². The predicted molar refractivity (Wildman–Crippen MR) is 87.0 cm³/mol. The summed E-state index contributed by atoms with van der Waals surface area (Å²) < 4.78 is 25.5. The number of nitrogen functional groups attached to an aromatic ring is 1. The van der Waals surface area contributed by atoms with E-state index in [-0.39, 0.29) is 4.90 Å². The Morgan fingerprint density at radius 1 is 1.05 bits per heavy atom. The van der Waals surface area contributed by atoms with E-state index in [1.807, 2.05) is 31.2 Å². The Kier molecular flexibility index (Phi) is 4.61. The number of nitrogens with zero attached hydrogens (tertiary/aromatic N) is 1. The smallest absolute Gasteiger partial charge is 0.242 e. The molecule has 0 fully saturated rings. The van der Waals surface area contributed by atoms with Crippen molar-refractivity contribution in [1.29, 1.82) is 0 Å². The van der Waals surface area contributed by atoms with Crippen LogP contribution in [-0.2, 0) is 10.0 Å². The van der Waals surface area contributed by atoms with E-state index < -0.39 is 10.0 Å². The number of nitrogens with two attached hydrogens (primary N) is 1. The van der Waals surface area contributed by atoms with E-state index in [4.69, 9.17) is 5.73 Å². The van der Waals surface area contributed by atoms with E-state index in [0.29, 0.717) is 5.69 Å². The third-order valence-corrected chi connectivity index (χ3v) is 5.90. The van der Waals surface area contributed by atoms with Gasteiger partial charge >= 0.3 is 0 Å². The van der Waals surface area contributed by atoms with Crippen LogP contribution in [-0.4, -0.2) is 26.8 Å². The fraction of sp³-hybridized carbons (Fsp3) is 0.200. The number of aryl methyl sites for hydroxylation is 1. The molecular formula is C15H18N2O2S2. The van der Waals surface area contributed by atoms with Crippen LogP contribution in [0.4, 0.5) is 5.69 Å². The highest BCUT2D eigenvalue weighted by Gasteiger charge is 2.18. The van der Waals surface area contributed by atoms with E-state index in [1.165, 1.54) is 41.8 Å². The molecule has 0 radical (unpaired) electrons. The maximum Gasteiger partial charge on any atom is 0.242 e. The Balaban J connectivity index is 2.38. The molecule has 0 unspecified atom stereocenters. The molecule has 112 valence electrons. The minimum atomic E-state index is -3.45. The fourth-order valence-corrected chi connectivity index (χ4v) is 3.61. The first-order valence-corrected chi connectivity index (χ1v) is 8.63. The van der Waals surface area contributed by atoms with Crippen molar-refractivity contribution in [1.82, 2.24) is 4.31 Å². The van der Waals surface area contributed by atoms with Gasteiger partial charge in [0.1, 0.15) is 0 Å². The molecule has 4 nitrogen and oxygen atoms in total. The van der Waals surface area contributed by atoms with Gasteiger partial charge in [0.25, 0.3) is 0 Å². The third kappa shape index (κ3) is 3.58. The summed E-state index contributed by atoms with van der Waals surface area (Å²) >= 11 is 1.46. The van der Waals surface area contributed by atoms with Crippen LogP contribution in [0.25, 0.3) is 0 Å². The second-order valence-electron chi connectivity index (χ2n) is 4.90. The molecule has 0 atom stereocenters. The zero-order valence-corrected chi connectivity index (χ0v) is 13.8. The van der Waals surface area contributed by atoms with Crippen molar-refractivity contribution in [3.63, 3.8) is 0 Å². The topological polar surface area (TPSA) is 63.4 Å². The van der Waals surface area contributed by atoms with Crippen molar-refractivity contribution in [2.45, 2.75) is 21.6 Å². The molecule has 0 aliphatic heterocycles. The van der Waals surface area contributed by atoms with Crippen LogP contribution in [0.3, 0.4) is 0 Å². The van der Waals surface area contributed by atoms with Crippen molar-refractivity contribution in [2.24, 2.45) is 0 Å². The standard InChI is InChI=1S/C15H18N2O2S2/c1-11-4-6-12(7-5-11)20-15-10-13(8-9-14(15)16)21(18,19)17(2)3/h4-10H,16H2,1-3H3. The van der Waals surface area contributed by atoms with Crippen molar-refractivity contribution >= 4 is 27.5 Å². The van der Waals surface area contributed by atoms with Gasteiger partial charge < -0.3 is 5.73 Å². The average Bonchev–Trinajstić information content (AvgIpc) is 2.43. The molecule has 0 spiro atoms. The summed E-state index contributed by atoms with van der Waals surface area (Å²) in [6.07, 6.45) is 0. The normalized spacial score (nSPS) is 11.8. The molecule has 2 rings (SSSR count). The molecule has 2 N–H and O–H groups in total. The van der Waals surface area contributed by atoms with Crippen LogP contribution in [0.1, 0.15) is 5.56 Å². The molecule has 2 aromatic rings. The van der Waals surface area contributed by atoms with Crippen molar-refractivity contribution in [3.8, 4) is 0 Å². The monoisotopic (exact) mass is 322 g/mol. The summed E-state index contributed by atoms with van der Waals surface area (Å²) in [5.74, 6) is 0. The maximum atomic E-state index is 12.2. The maximum absolute atomic E-state index is 12.2. The van der Waals surface area contributed by atoms with E-state index in [9.17, 15) is 8.42 Å². The molecule has 21 heavy (non-hydrogen) atoms. The summed E-state index contributed by atoms with van der Waals surface area (Å²) in [6.45, 7) is 2.02. The lowest BCUT2D eigenvalue weighted by atomic mass is 10.2. The van der Waals surface area contributed by atoms with E-state index >= 15 is 0 Å². The Morgan fingerprint density at radius 3 is 2.24 bits per heavy atom. The van der Waals surface area contributed by atoms with Gasteiger partial charge in [-0.1, -0.05) is 29.5 Å². The number of hydrogen-bond acceptors (Lipinski definition) is 4. The molecule has 0 saturated heterocycles. The van der Waals surface area contributed by atoms with Gasteiger partial charge in [0.15, 0.2) is 0 Å². The molecule has 0 amide bonds. The minimum Gasteiger partial charge on any atom is -0.398 e. The predicted octanol–water partition coefficient (Wildman–Crippen LogP) is 2.98. The number of benzene rings is 2. The first-order chi connectivity index (χ1) is 9.80. The van der Waals surface area contributed by atoms with E-state index in [2.05, 4.69) is 0 Å². The van der Waals surface area contributed by atoms with Crippen LogP contribution >= 0.6 is 11.8 Å². The number of anilines is 1. The molecule has 0 heterocycles. The Morgan fingerprint density at radius 2 is 1.67 bits per heavy atom. The minimum absolute atomic E-state index is 0.247. The van der Waals surface area contributed by atoms with Crippen molar-refractivity contribution in [2.75, 3.05) is 19.8 Å². The second kappa shape index (κ2) is 6.09. The molecular weight excluding hydrogens is 304 g/mol. The summed E-state index contributed by atoms with van der Waals surface area (Å²) in [4.78, 5) is 2.00. The van der Waals surface area contributed by atoms with Gasteiger partial charge in [-0.25, -0.2) is 12.7 Å². The number of rotatable bonds is 4. The summed E-state index contributed by atoms with van der Waals surface area (Å²) in [6, 6.07) is 12.8. The molecule has 0 aromatic heterocycles. The number of sulfonamides is 1. The average molecular weight is 322 g/mol. The van der Waals surface area contributed by atoms with Gasteiger partial charge in [-0.15, -0.1) is 0 Å². The summed E-state index contributed by atoms with van der Waals surface area (Å²) in [7, 11) is -0.426. The molecule has 0 saturated carbocycles. The quantitative estimate of drug-likeness (QED) is 0.879. The lowest BCUT2D eigenvalue weighted by Crippen LogP contribution is -2.22. The molecule has 2 aromatic carbocycles. The Bertz CT molecular complexity index is 739. The zero-order valence-electron chi connectivity index (χ0n) is 12.2. The first kappa shape index (κ1) is 15.9. The van der Waals surface area contributed by atoms with Gasteiger partial charge in [0.05, 0.1) is 4.90 Å². The summed E-state index contributed by atoms with van der Waals surface area (Å²) in [5.41, 5.74) is 7.70. The molecule has 0 aliphatic carbocycles. The van der Waals surface area contributed by atoms with Crippen LogP contribution in [0, 0.1) is 6.92 Å². The largest absolute Gasteiger partial charge is 0.398 e.